The minimum Gasteiger partial charge on any atom is -0.477 e. The molecule has 0 radical (unpaired) electrons. The van der Waals surface area contributed by atoms with E-state index in [1.807, 2.05) is 13.8 Å². The average Bonchev–Trinajstić information content (AvgIpc) is 3.22. The molecule has 184 valence electrons. The molecule has 0 aliphatic carbocycles. The van der Waals surface area contributed by atoms with Crippen LogP contribution in [-0.2, 0) is 18.8 Å². The summed E-state index contributed by atoms with van der Waals surface area (Å²) in [5, 5.41) is 10.1. The number of carboxylic acid groups (broad SMARTS) is 1. The maximum absolute atomic E-state index is 13.4. The second-order valence-electron chi connectivity index (χ2n) is 10.9. The number of β-lactam (4-membered cyclic amide) rings is 1. The van der Waals surface area contributed by atoms with E-state index in [9.17, 15) is 19.5 Å². The third kappa shape index (κ3) is 4.14. The minimum absolute atomic E-state index is 0.0949. The third-order valence-electron chi connectivity index (χ3n) is 7.72. The van der Waals surface area contributed by atoms with Gasteiger partial charge in [0.1, 0.15) is 12.3 Å². The first kappa shape index (κ1) is 25.5. The van der Waals surface area contributed by atoms with Crippen LogP contribution in [0.1, 0.15) is 47.5 Å². The van der Waals surface area contributed by atoms with Crippen LogP contribution in [0.3, 0.4) is 0 Å². The Morgan fingerprint density at radius 2 is 1.91 bits per heavy atom. The lowest BCUT2D eigenvalue weighted by Gasteiger charge is -2.57. The smallest absolute Gasteiger partial charge is 0.410 e. The molecule has 0 aromatic heterocycles. The Morgan fingerprint density at radius 1 is 1.27 bits per heavy atom. The fourth-order valence-electron chi connectivity index (χ4n) is 5.76. The zero-order valence-electron chi connectivity index (χ0n) is 20.9. The first-order valence-electron chi connectivity index (χ1n) is 11.8. The molecular formula is C24H38N2O6Si. The van der Waals surface area contributed by atoms with Crippen LogP contribution < -0.4 is 0 Å². The van der Waals surface area contributed by atoms with Crippen molar-refractivity contribution in [3.05, 3.63) is 23.9 Å². The molecule has 0 bridgehead atoms. The summed E-state index contributed by atoms with van der Waals surface area (Å²) in [5.41, 5.74) is -0.132. The van der Waals surface area contributed by atoms with Gasteiger partial charge in [-0.2, -0.15) is 0 Å². The normalized spacial score (nSPS) is 29.2. The molecule has 2 unspecified atom stereocenters. The number of carbonyl (C=O) groups excluding carboxylic acids is 2. The van der Waals surface area contributed by atoms with Gasteiger partial charge in [-0.3, -0.25) is 4.79 Å². The van der Waals surface area contributed by atoms with E-state index in [0.717, 1.165) is 5.57 Å². The van der Waals surface area contributed by atoms with Crippen LogP contribution in [0.5, 0.6) is 0 Å². The summed E-state index contributed by atoms with van der Waals surface area (Å²) in [6.07, 6.45) is 2.23. The largest absolute Gasteiger partial charge is 0.477 e. The van der Waals surface area contributed by atoms with E-state index in [4.69, 9.17) is 9.16 Å². The molecule has 33 heavy (non-hydrogen) atoms. The maximum Gasteiger partial charge on any atom is 0.410 e. The van der Waals surface area contributed by atoms with Crippen molar-refractivity contribution in [1.29, 1.82) is 0 Å². The molecule has 3 rings (SSSR count). The predicted octanol–water partition coefficient (Wildman–Crippen LogP) is 3.39. The van der Waals surface area contributed by atoms with Gasteiger partial charge in [-0.25, -0.2) is 9.59 Å². The van der Waals surface area contributed by atoms with Gasteiger partial charge in [0.05, 0.1) is 17.6 Å². The Morgan fingerprint density at radius 3 is 2.42 bits per heavy atom. The molecule has 3 heterocycles. The summed E-state index contributed by atoms with van der Waals surface area (Å²) >= 11 is 0. The van der Waals surface area contributed by atoms with Gasteiger partial charge in [-0.1, -0.05) is 33.4 Å². The molecule has 0 spiro atoms. The summed E-state index contributed by atoms with van der Waals surface area (Å²) in [6.45, 7) is 18.5. The zero-order chi connectivity index (χ0) is 24.9. The van der Waals surface area contributed by atoms with E-state index in [2.05, 4.69) is 40.4 Å². The second kappa shape index (κ2) is 8.90. The Hall–Kier alpha value is -2.13. The summed E-state index contributed by atoms with van der Waals surface area (Å²) in [5.74, 6) is -1.79. The van der Waals surface area contributed by atoms with Gasteiger partial charge in [-0.15, -0.1) is 0 Å². The van der Waals surface area contributed by atoms with Crippen molar-refractivity contribution in [2.45, 2.75) is 78.2 Å². The summed E-state index contributed by atoms with van der Waals surface area (Å²) in [4.78, 5) is 41.3. The Labute approximate surface area is 198 Å². The van der Waals surface area contributed by atoms with E-state index in [-0.39, 0.29) is 41.6 Å². The van der Waals surface area contributed by atoms with E-state index in [1.54, 1.807) is 4.90 Å². The quantitative estimate of drug-likeness (QED) is 0.342. The lowest BCUT2D eigenvalue weighted by atomic mass is 9.63. The molecule has 2 fully saturated rings. The average molecular weight is 479 g/mol. The first-order chi connectivity index (χ1) is 15.3. The highest BCUT2D eigenvalue weighted by molar-refractivity contribution is 6.48. The van der Waals surface area contributed by atoms with Gasteiger partial charge in [0.15, 0.2) is 9.04 Å². The molecule has 0 aromatic rings. The summed E-state index contributed by atoms with van der Waals surface area (Å²) in [6, 6.07) is -0.447. The molecule has 9 heteroatoms. The molecule has 0 aromatic carbocycles. The van der Waals surface area contributed by atoms with Crippen LogP contribution in [0.15, 0.2) is 23.9 Å². The van der Waals surface area contributed by atoms with Crippen LogP contribution in [0.2, 0.25) is 13.1 Å². The summed E-state index contributed by atoms with van der Waals surface area (Å²) < 4.78 is 11.7. The highest BCUT2D eigenvalue weighted by atomic mass is 28.3. The molecule has 5 atom stereocenters. The van der Waals surface area contributed by atoms with Gasteiger partial charge >= 0.3 is 12.1 Å². The molecule has 1 N–H and O–H groups in total. The fraction of sp³-hybridized carbons (Fsp3) is 0.708. The monoisotopic (exact) mass is 478 g/mol. The highest BCUT2D eigenvalue weighted by Gasteiger charge is 2.65. The number of ether oxygens (including phenoxy) is 1. The number of nitrogens with zero attached hydrogens (tertiary/aromatic N) is 2. The molecular weight excluding hydrogens is 440 g/mol. The van der Waals surface area contributed by atoms with Crippen molar-refractivity contribution in [3.8, 4) is 0 Å². The number of hydrogen-bond donors (Lipinski definition) is 1. The van der Waals surface area contributed by atoms with Crippen molar-refractivity contribution < 1.29 is 28.7 Å². The Kier molecular flexibility index (Phi) is 6.88. The highest BCUT2D eigenvalue weighted by Crippen LogP contribution is 2.55. The molecule has 0 saturated carbocycles. The maximum atomic E-state index is 13.4. The van der Waals surface area contributed by atoms with Crippen LogP contribution >= 0.6 is 0 Å². The number of carbonyl (C=O) groups is 3. The Balaban J connectivity index is 1.90. The van der Waals surface area contributed by atoms with E-state index < -0.39 is 32.6 Å². The van der Waals surface area contributed by atoms with Crippen molar-refractivity contribution in [3.63, 3.8) is 0 Å². The van der Waals surface area contributed by atoms with Crippen molar-refractivity contribution >= 4 is 27.0 Å². The number of aliphatic carboxylic acids is 1. The number of rotatable bonds is 7. The van der Waals surface area contributed by atoms with Crippen molar-refractivity contribution in [2.75, 3.05) is 13.2 Å². The lowest BCUT2D eigenvalue weighted by Crippen LogP contribution is -2.70. The topological polar surface area (TPSA) is 96.4 Å². The van der Waals surface area contributed by atoms with Gasteiger partial charge < -0.3 is 24.1 Å². The Bertz CT molecular complexity index is 879. The molecule has 3 aliphatic rings. The van der Waals surface area contributed by atoms with Gasteiger partial charge in [0, 0.05) is 18.5 Å². The van der Waals surface area contributed by atoms with E-state index in [1.165, 1.54) is 11.0 Å². The van der Waals surface area contributed by atoms with Gasteiger partial charge in [0.2, 0.25) is 5.91 Å². The fourth-order valence-corrected chi connectivity index (χ4v) is 7.24. The molecule has 2 saturated heterocycles. The van der Waals surface area contributed by atoms with Crippen LogP contribution in [0.4, 0.5) is 4.79 Å². The number of likely N-dealkylation sites (tertiary alicyclic amines) is 1. The molecule has 8 nitrogen and oxygen atoms in total. The van der Waals surface area contributed by atoms with Gasteiger partial charge in [-0.05, 0) is 50.8 Å². The molecule has 2 amide bonds. The number of amides is 2. The van der Waals surface area contributed by atoms with Crippen LogP contribution in [0, 0.1) is 17.3 Å². The molecule has 3 aliphatic heterocycles. The van der Waals surface area contributed by atoms with Crippen LogP contribution in [0.25, 0.3) is 0 Å². The standard InChI is InChI=1S/C24H38N2O6Si/c1-9-12-31-22(30)25-11-10-15(14(25)2)16-13-17-18(20(27)26(17)19(16)21(28)29)24(6,23(3,4)5)32-33(7)8/h9,14-15,17-18,33H,1,10-13H2,2-8H3,(H,28,29)/t14?,15?,17-,18-,24-/m1/s1. The van der Waals surface area contributed by atoms with E-state index >= 15 is 0 Å². The number of carboxylic acids is 1. The zero-order valence-corrected chi connectivity index (χ0v) is 22.0. The van der Waals surface area contributed by atoms with Gasteiger partial charge in [0.25, 0.3) is 0 Å². The number of hydrogen-bond acceptors (Lipinski definition) is 5. The lowest BCUT2D eigenvalue weighted by molar-refractivity contribution is -0.180. The predicted molar refractivity (Wildman–Crippen MR) is 127 cm³/mol. The SMILES string of the molecule is C=CCOC(=O)N1CCC(C2=C(C(=O)O)N3C(=O)[C@H]([C@@](C)(O[SiH](C)C)C(C)(C)C)[C@H]3C2)C1C. The number of fused-ring (bicyclic) bond motifs is 1. The van der Waals surface area contributed by atoms with Crippen molar-refractivity contribution in [1.82, 2.24) is 9.80 Å². The first-order valence-corrected chi connectivity index (χ1v) is 14.6. The minimum atomic E-state index is -1.48. The third-order valence-corrected chi connectivity index (χ3v) is 8.68. The van der Waals surface area contributed by atoms with E-state index in [0.29, 0.717) is 19.4 Å². The second-order valence-corrected chi connectivity index (χ2v) is 13.2. The summed E-state index contributed by atoms with van der Waals surface area (Å²) in [7, 11) is -1.48. The van der Waals surface area contributed by atoms with Crippen LogP contribution in [-0.4, -0.2) is 72.8 Å². The van der Waals surface area contributed by atoms with Crippen molar-refractivity contribution in [2.24, 2.45) is 17.3 Å².